The molecular weight excluding hydrogens is 303 g/mol. The Morgan fingerprint density at radius 3 is 2.95 bits per heavy atom. The summed E-state index contributed by atoms with van der Waals surface area (Å²) in [7, 11) is 0. The minimum absolute atomic E-state index is 0.127. The Morgan fingerprint density at radius 2 is 2.27 bits per heavy atom. The quantitative estimate of drug-likeness (QED) is 0.927. The van der Waals surface area contributed by atoms with E-state index in [2.05, 4.69) is 10.3 Å². The lowest BCUT2D eigenvalue weighted by atomic mass is 9.96. The maximum Gasteiger partial charge on any atom is 0.174 e. The molecule has 0 amide bonds. The van der Waals surface area contributed by atoms with Gasteiger partial charge in [-0.3, -0.25) is 4.98 Å². The number of hydrogen-bond donors (Lipinski definition) is 1. The molecule has 0 radical (unpaired) electrons. The summed E-state index contributed by atoms with van der Waals surface area (Å²) in [5.41, 5.74) is 1.74. The zero-order valence-corrected chi connectivity index (χ0v) is 13.1. The summed E-state index contributed by atoms with van der Waals surface area (Å²) < 4.78 is 20.2. The van der Waals surface area contributed by atoms with Crippen molar-refractivity contribution in [2.24, 2.45) is 5.92 Å². The molecule has 1 aromatic heterocycles. The Balaban J connectivity index is 1.95. The maximum atomic E-state index is 14.2. The first-order valence-corrected chi connectivity index (χ1v) is 7.76. The number of aryl methyl sites for hydroxylation is 1. The summed E-state index contributed by atoms with van der Waals surface area (Å²) in [4.78, 5) is 4.15. The van der Waals surface area contributed by atoms with E-state index in [0.29, 0.717) is 5.02 Å². The molecule has 22 heavy (non-hydrogen) atoms. The molecule has 3 rings (SSSR count). The van der Waals surface area contributed by atoms with Gasteiger partial charge in [-0.05, 0) is 37.6 Å². The first kappa shape index (κ1) is 15.3. The molecule has 0 aliphatic carbocycles. The second-order valence-corrected chi connectivity index (χ2v) is 5.96. The van der Waals surface area contributed by atoms with Crippen LogP contribution in [-0.4, -0.2) is 18.1 Å². The zero-order chi connectivity index (χ0) is 15.5. The molecule has 5 heteroatoms. The van der Waals surface area contributed by atoms with Crippen LogP contribution in [0.1, 0.15) is 23.7 Å². The van der Waals surface area contributed by atoms with E-state index >= 15 is 0 Å². The molecule has 1 aliphatic heterocycles. The minimum Gasteiger partial charge on any atom is -0.481 e. The van der Waals surface area contributed by atoms with Gasteiger partial charge < -0.3 is 10.1 Å². The normalized spacial score (nSPS) is 19.1. The third-order valence-electron chi connectivity index (χ3n) is 4.03. The summed E-state index contributed by atoms with van der Waals surface area (Å²) in [6.07, 6.45) is 4.19. The number of ether oxygens (including phenoxy) is 1. The molecule has 3 nitrogen and oxygen atoms in total. The van der Waals surface area contributed by atoms with Crippen molar-refractivity contribution in [2.75, 3.05) is 13.1 Å². The molecule has 2 unspecified atom stereocenters. The van der Waals surface area contributed by atoms with Crippen molar-refractivity contribution < 1.29 is 9.13 Å². The van der Waals surface area contributed by atoms with Gasteiger partial charge in [0.1, 0.15) is 6.10 Å². The number of rotatable bonds is 4. The maximum absolute atomic E-state index is 14.2. The summed E-state index contributed by atoms with van der Waals surface area (Å²) >= 11 is 6.24. The Hall–Kier alpha value is -1.65. The number of nitrogens with one attached hydrogen (secondary N) is 1. The Bertz CT molecular complexity index is 645. The topological polar surface area (TPSA) is 34.1 Å². The van der Waals surface area contributed by atoms with E-state index in [-0.39, 0.29) is 17.8 Å². The van der Waals surface area contributed by atoms with Gasteiger partial charge >= 0.3 is 0 Å². The van der Waals surface area contributed by atoms with Crippen molar-refractivity contribution in [3.05, 3.63) is 58.6 Å². The molecule has 1 aromatic carbocycles. The minimum atomic E-state index is -0.435. The van der Waals surface area contributed by atoms with Crippen LogP contribution in [0.15, 0.2) is 36.7 Å². The summed E-state index contributed by atoms with van der Waals surface area (Å²) in [5, 5.41) is 3.66. The third-order valence-corrected chi connectivity index (χ3v) is 4.50. The molecule has 1 aliphatic rings. The largest absolute Gasteiger partial charge is 0.481 e. The molecule has 2 heterocycles. The van der Waals surface area contributed by atoms with E-state index in [0.717, 1.165) is 30.6 Å². The van der Waals surface area contributed by atoms with Gasteiger partial charge in [-0.2, -0.15) is 0 Å². The van der Waals surface area contributed by atoms with Gasteiger partial charge in [-0.1, -0.05) is 23.7 Å². The van der Waals surface area contributed by atoms with Crippen LogP contribution in [0.5, 0.6) is 5.75 Å². The molecular formula is C17H18ClFN2O. The Morgan fingerprint density at radius 1 is 1.41 bits per heavy atom. The molecule has 0 bridgehead atoms. The lowest BCUT2D eigenvalue weighted by Gasteiger charge is -2.25. The van der Waals surface area contributed by atoms with Crippen molar-refractivity contribution in [1.29, 1.82) is 0 Å². The van der Waals surface area contributed by atoms with Gasteiger partial charge in [0.2, 0.25) is 0 Å². The molecule has 1 N–H and O–H groups in total. The number of nitrogens with zero attached hydrogens (tertiary/aromatic N) is 1. The van der Waals surface area contributed by atoms with Crippen LogP contribution in [-0.2, 0) is 0 Å². The fourth-order valence-corrected chi connectivity index (χ4v) is 2.98. The fraction of sp³-hybridized carbons (Fsp3) is 0.353. The lowest BCUT2D eigenvalue weighted by Crippen LogP contribution is -2.22. The predicted octanol–water partition coefficient (Wildman–Crippen LogP) is 3.91. The fourth-order valence-electron chi connectivity index (χ4n) is 2.78. The van der Waals surface area contributed by atoms with Gasteiger partial charge in [0, 0.05) is 30.4 Å². The Labute approximate surface area is 134 Å². The van der Waals surface area contributed by atoms with Gasteiger partial charge in [-0.15, -0.1) is 0 Å². The summed E-state index contributed by atoms with van der Waals surface area (Å²) in [6, 6.07) is 6.87. The van der Waals surface area contributed by atoms with Crippen LogP contribution < -0.4 is 10.1 Å². The third kappa shape index (κ3) is 3.08. The predicted molar refractivity (Wildman–Crippen MR) is 84.7 cm³/mol. The molecule has 116 valence electrons. The van der Waals surface area contributed by atoms with E-state index in [4.69, 9.17) is 16.3 Å². The van der Waals surface area contributed by atoms with Gasteiger partial charge in [-0.25, -0.2) is 4.39 Å². The highest BCUT2D eigenvalue weighted by Gasteiger charge is 2.29. The number of hydrogen-bond acceptors (Lipinski definition) is 3. The van der Waals surface area contributed by atoms with E-state index < -0.39 is 5.82 Å². The SMILES string of the molecule is Cc1ccc(F)c(OC(c2cccnc2)C2CCNC2)c1Cl. The van der Waals surface area contributed by atoms with E-state index in [1.807, 2.05) is 19.1 Å². The molecule has 2 atom stereocenters. The standard InChI is InChI=1S/C17H18ClFN2O/c1-11-4-5-14(19)17(15(11)18)22-16(13-6-8-21-10-13)12-3-2-7-20-9-12/h2-5,7,9,13,16,21H,6,8,10H2,1H3. The smallest absolute Gasteiger partial charge is 0.174 e. The van der Waals surface area contributed by atoms with Crippen molar-refractivity contribution in [1.82, 2.24) is 10.3 Å². The van der Waals surface area contributed by atoms with Crippen molar-refractivity contribution >= 4 is 11.6 Å². The van der Waals surface area contributed by atoms with Crippen molar-refractivity contribution in [3.63, 3.8) is 0 Å². The number of pyridine rings is 1. The van der Waals surface area contributed by atoms with Crippen LogP contribution in [0, 0.1) is 18.7 Å². The molecule has 2 aromatic rings. The average Bonchev–Trinajstić information content (AvgIpc) is 3.06. The van der Waals surface area contributed by atoms with Crippen LogP contribution in [0.25, 0.3) is 0 Å². The van der Waals surface area contributed by atoms with E-state index in [9.17, 15) is 4.39 Å². The first-order valence-electron chi connectivity index (χ1n) is 7.38. The first-order chi connectivity index (χ1) is 10.7. The number of benzene rings is 1. The average molecular weight is 321 g/mol. The highest BCUT2D eigenvalue weighted by atomic mass is 35.5. The zero-order valence-electron chi connectivity index (χ0n) is 12.4. The van der Waals surface area contributed by atoms with Crippen LogP contribution >= 0.6 is 11.6 Å². The number of halogens is 2. The van der Waals surface area contributed by atoms with Gasteiger partial charge in [0.25, 0.3) is 0 Å². The summed E-state index contributed by atoms with van der Waals surface area (Å²) in [6.45, 7) is 3.62. The van der Waals surface area contributed by atoms with Crippen LogP contribution in [0.3, 0.4) is 0 Å². The second kappa shape index (κ2) is 6.63. The molecule has 1 saturated heterocycles. The Kier molecular flexibility index (Phi) is 4.60. The monoisotopic (exact) mass is 320 g/mol. The van der Waals surface area contributed by atoms with E-state index in [1.165, 1.54) is 6.07 Å². The van der Waals surface area contributed by atoms with Gasteiger partial charge in [0.15, 0.2) is 11.6 Å². The molecule has 1 fully saturated rings. The second-order valence-electron chi connectivity index (χ2n) is 5.59. The van der Waals surface area contributed by atoms with Gasteiger partial charge in [0.05, 0.1) is 5.02 Å². The highest BCUT2D eigenvalue weighted by molar-refractivity contribution is 6.32. The van der Waals surface area contributed by atoms with E-state index in [1.54, 1.807) is 18.5 Å². The molecule has 0 spiro atoms. The highest BCUT2D eigenvalue weighted by Crippen LogP contribution is 2.37. The number of aromatic nitrogens is 1. The summed E-state index contributed by atoms with van der Waals surface area (Å²) in [5.74, 6) is -0.0435. The lowest BCUT2D eigenvalue weighted by molar-refractivity contribution is 0.138. The van der Waals surface area contributed by atoms with Crippen molar-refractivity contribution in [2.45, 2.75) is 19.4 Å². The van der Waals surface area contributed by atoms with Crippen LogP contribution in [0.2, 0.25) is 5.02 Å². The van der Waals surface area contributed by atoms with Crippen molar-refractivity contribution in [3.8, 4) is 5.75 Å². The molecule has 0 saturated carbocycles. The van der Waals surface area contributed by atoms with Crippen LogP contribution in [0.4, 0.5) is 4.39 Å².